The Balaban J connectivity index is -0.000000784. The first kappa shape index (κ1) is 81.8. The van der Waals surface area contributed by atoms with Crippen molar-refractivity contribution >= 4 is 83.2 Å². The van der Waals surface area contributed by atoms with E-state index in [0.29, 0.717) is 0 Å². The first-order chi connectivity index (χ1) is 24.2. The molecule has 2 fully saturated rings. The number of hydrogen-bond donors (Lipinski definition) is 0. The van der Waals surface area contributed by atoms with Crippen LogP contribution in [-0.4, -0.2) is 178 Å². The third-order valence-corrected chi connectivity index (χ3v) is 9.18. The zero-order valence-corrected chi connectivity index (χ0v) is 45.6. The molecule has 0 aliphatic carbocycles. The van der Waals surface area contributed by atoms with Crippen molar-refractivity contribution in [3.8, 4) is 0 Å². The maximum atomic E-state index is 11.7. The van der Waals surface area contributed by atoms with Crippen LogP contribution >= 0.6 is 0 Å². The van der Waals surface area contributed by atoms with E-state index in [9.17, 15) is 104 Å². The van der Waals surface area contributed by atoms with Gasteiger partial charge >= 0.3 is 179 Å². The van der Waals surface area contributed by atoms with Crippen molar-refractivity contribution in [1.82, 2.24) is 0 Å². The third-order valence-electron chi connectivity index (χ3n) is 5.65. The molecule has 0 radical (unpaired) electrons. The summed E-state index contributed by atoms with van der Waals surface area (Å²) < 4.78 is 320. The molecule has 51 heteroatoms. The van der Waals surface area contributed by atoms with Crippen LogP contribution in [0.3, 0.4) is 0 Å². The molecule has 2 saturated heterocycles. The van der Waals surface area contributed by atoms with E-state index in [0.717, 1.165) is 0 Å². The smallest absolute Gasteiger partial charge is 0.726 e. The standard InChI is InChI=1S/C12H22O35S8.8Ag/c13-48(14,15)37-1-4-6(43-51(22,23)24)8(45-53(28,29)30)9(46-54(31,32)33)11(40-4)42-12(3-39-50(19,20)21)10(47-55(34,35)36)7(44-52(25,26)27)5(41-12)2-38-49(16,17)18;;;;;;;;/h4-11H,1-3H2,(H,13,14,15)(H,16,17,18)(H,19,20,21)(H,22,23,24)(H,25,26,27)(H,28,29,30)(H,31,32,33)(H,34,35,36);;;;;;;;/q;8*+1/p-8/t4-,5-,6-,7-,8+,9-,10+,11-,12+;;;;;;;;/m1......../s1. The molecule has 0 bridgehead atoms. The van der Waals surface area contributed by atoms with E-state index in [-0.39, 0.29) is 179 Å². The van der Waals surface area contributed by atoms with Gasteiger partial charge in [0.15, 0.2) is 18.5 Å². The van der Waals surface area contributed by atoms with Gasteiger partial charge in [-0.3, -0.25) is 33.5 Å². The van der Waals surface area contributed by atoms with Gasteiger partial charge in [-0.1, -0.05) is 0 Å². The van der Waals surface area contributed by atoms with Crippen LogP contribution in [0.2, 0.25) is 0 Å². The zero-order chi connectivity index (χ0) is 43.0. The predicted octanol–water partition coefficient (Wildman–Crippen LogP) is -9.54. The first-order valence-corrected chi connectivity index (χ1v) is 22.9. The molecule has 35 nitrogen and oxygen atoms in total. The molecule has 0 spiro atoms. The van der Waals surface area contributed by atoms with Crippen molar-refractivity contribution in [2.45, 2.75) is 54.8 Å². The Labute approximate surface area is 481 Å². The fourth-order valence-corrected chi connectivity index (χ4v) is 7.60. The molecule has 0 N–H and O–H groups in total. The summed E-state index contributed by atoms with van der Waals surface area (Å²) in [5.74, 6) is -4.31. The van der Waals surface area contributed by atoms with E-state index in [2.05, 4.69) is 33.5 Å². The maximum Gasteiger partial charge on any atom is 1.00 e. The molecule has 2 heterocycles. The third kappa shape index (κ3) is 32.5. The van der Waals surface area contributed by atoms with Crippen LogP contribution in [0.15, 0.2) is 0 Å². The van der Waals surface area contributed by atoms with E-state index < -0.39 is 158 Å². The molecule has 0 aromatic rings. The van der Waals surface area contributed by atoms with Crippen LogP contribution in [0.5, 0.6) is 0 Å². The second kappa shape index (κ2) is 30.8. The minimum atomic E-state index is -6.58. The summed E-state index contributed by atoms with van der Waals surface area (Å²) in [6, 6.07) is 0. The molecule has 2 rings (SSSR count). The van der Waals surface area contributed by atoms with Gasteiger partial charge in [0.25, 0.3) is 0 Å². The minimum absolute atomic E-state index is 0. The van der Waals surface area contributed by atoms with Crippen molar-refractivity contribution in [1.29, 1.82) is 0 Å². The number of hydrogen-bond acceptors (Lipinski definition) is 35. The van der Waals surface area contributed by atoms with E-state index in [4.69, 9.17) is 14.2 Å². The molecular formula is C12H14Ag8O35S8. The van der Waals surface area contributed by atoms with E-state index >= 15 is 0 Å². The summed E-state index contributed by atoms with van der Waals surface area (Å²) in [6.45, 7) is -6.74. The van der Waals surface area contributed by atoms with Gasteiger partial charge in [0.2, 0.25) is 89.0 Å². The Hall–Kier alpha value is 4.76. The van der Waals surface area contributed by atoms with Gasteiger partial charge in [-0.25, -0.2) is 67.3 Å². The monoisotopic (exact) mass is 1830 g/mol. The van der Waals surface area contributed by atoms with Crippen LogP contribution in [0.4, 0.5) is 0 Å². The van der Waals surface area contributed by atoms with Crippen molar-refractivity contribution in [2.75, 3.05) is 19.8 Å². The Morgan fingerprint density at radius 1 is 0.381 bits per heavy atom. The molecular weight excluding hydrogens is 1820 g/mol. The zero-order valence-electron chi connectivity index (χ0n) is 27.2. The van der Waals surface area contributed by atoms with E-state index in [1.807, 2.05) is 0 Å². The van der Waals surface area contributed by atoms with Gasteiger partial charge in [0.1, 0.15) is 37.1 Å². The fraction of sp³-hybridized carbons (Fsp3) is 1.00. The van der Waals surface area contributed by atoms with E-state index in [1.54, 1.807) is 0 Å². The number of rotatable bonds is 21. The topological polar surface area (TPSA) is 559 Å². The summed E-state index contributed by atoms with van der Waals surface area (Å²) in [5, 5.41) is 0. The van der Waals surface area contributed by atoms with Crippen LogP contribution in [0.1, 0.15) is 0 Å². The predicted molar refractivity (Wildman–Crippen MR) is 137 cm³/mol. The van der Waals surface area contributed by atoms with Crippen molar-refractivity contribution in [3.63, 3.8) is 0 Å². The summed E-state index contributed by atoms with van der Waals surface area (Å²) >= 11 is 0. The summed E-state index contributed by atoms with van der Waals surface area (Å²) in [7, 11) is -50.8. The van der Waals surface area contributed by atoms with Crippen LogP contribution in [0, 0.1) is 0 Å². The van der Waals surface area contributed by atoms with Crippen LogP contribution < -0.4 is 0 Å². The normalized spacial score (nSPS) is 26.8. The second-order valence-electron chi connectivity index (χ2n) is 9.49. The SMILES string of the molecule is O=S(=O)([O-])OC[C@H]1O[C@@](COS(=O)(=O)[O-])(O[C@H]2O[C@H](COS(=O)(=O)[O-])[C@@H](OS(=O)(=O)[O-])[C@H](OS(=O)(=O)[O-])[C@H]2OS(=O)(=O)[O-])[C@@H](OS(=O)(=O)[O-])[C@@H]1OS(=O)(=O)[O-].[Ag+].[Ag+].[Ag+].[Ag+].[Ag+].[Ag+].[Ag+].[Ag+]. The van der Waals surface area contributed by atoms with Gasteiger partial charge in [0.05, 0.1) is 13.2 Å². The molecule has 0 aromatic carbocycles. The average Bonchev–Trinajstić information content (AvgIpc) is 3.15. The molecule has 0 amide bonds. The quantitative estimate of drug-likeness (QED) is 0.0585. The molecule has 0 saturated carbocycles. The Morgan fingerprint density at radius 2 is 0.698 bits per heavy atom. The maximum absolute atomic E-state index is 11.7. The number of ether oxygens (including phenoxy) is 3. The minimum Gasteiger partial charge on any atom is -0.726 e. The van der Waals surface area contributed by atoms with Gasteiger partial charge < -0.3 is 50.6 Å². The summed E-state index contributed by atoms with van der Waals surface area (Å²) in [5.41, 5.74) is 0. The van der Waals surface area contributed by atoms with Crippen molar-refractivity contribution < 1.29 is 330 Å². The summed E-state index contributed by atoms with van der Waals surface area (Å²) in [4.78, 5) is 0. The van der Waals surface area contributed by atoms with E-state index in [1.165, 1.54) is 0 Å². The molecule has 2 aliphatic rings. The molecule has 0 unspecified atom stereocenters. The fourth-order valence-electron chi connectivity index (χ4n) is 4.21. The Morgan fingerprint density at radius 3 is 1.05 bits per heavy atom. The van der Waals surface area contributed by atoms with Gasteiger partial charge in [0, 0.05) is 0 Å². The van der Waals surface area contributed by atoms with Gasteiger partial charge in [-0.2, -0.15) is 0 Å². The molecule has 63 heavy (non-hydrogen) atoms. The molecule has 9 atom stereocenters. The first-order valence-electron chi connectivity index (χ1n) is 12.2. The van der Waals surface area contributed by atoms with Gasteiger partial charge in [-0.05, 0) is 0 Å². The van der Waals surface area contributed by atoms with Crippen molar-refractivity contribution in [3.05, 3.63) is 0 Å². The van der Waals surface area contributed by atoms with Gasteiger partial charge in [-0.15, -0.1) is 0 Å². The Kier molecular flexibility index (Phi) is 40.0. The van der Waals surface area contributed by atoms with Crippen molar-refractivity contribution in [2.24, 2.45) is 0 Å². The van der Waals surface area contributed by atoms with Crippen LogP contribution in [0.25, 0.3) is 0 Å². The Bertz CT molecular complexity index is 2310. The molecule has 0 aromatic heterocycles. The largest absolute Gasteiger partial charge is 1.00 e. The summed E-state index contributed by atoms with van der Waals surface area (Å²) in [6.07, 6.45) is -27.5. The molecule has 408 valence electrons. The van der Waals surface area contributed by atoms with Crippen LogP contribution in [-0.2, 0) is 310 Å². The second-order valence-corrected chi connectivity index (χ2v) is 17.7. The molecule has 2 aliphatic heterocycles. The average molecular weight is 1840 g/mol.